The van der Waals surface area contributed by atoms with Crippen molar-refractivity contribution < 1.29 is 0 Å². The van der Waals surface area contributed by atoms with Gasteiger partial charge in [0.15, 0.2) is 0 Å². The van der Waals surface area contributed by atoms with Crippen LogP contribution in [0.1, 0.15) is 34.1 Å². The summed E-state index contributed by atoms with van der Waals surface area (Å²) in [6, 6.07) is 8.32. The van der Waals surface area contributed by atoms with Crippen LogP contribution >= 0.6 is 27.3 Å². The lowest BCUT2D eigenvalue weighted by atomic mass is 10.2. The number of benzene rings is 1. The highest BCUT2D eigenvalue weighted by molar-refractivity contribution is 9.10. The molecule has 0 fully saturated rings. The lowest BCUT2D eigenvalue weighted by Gasteiger charge is -2.01. The van der Waals surface area contributed by atoms with Crippen molar-refractivity contribution in [1.82, 2.24) is 4.98 Å². The Bertz CT molecular complexity index is 520. The van der Waals surface area contributed by atoms with Gasteiger partial charge in [-0.15, -0.1) is 11.3 Å². The number of hydrogen-bond donors (Lipinski definition) is 1. The van der Waals surface area contributed by atoms with E-state index in [1.54, 1.807) is 11.3 Å². The molecule has 0 aliphatic carbocycles. The van der Waals surface area contributed by atoms with Crippen LogP contribution in [0.5, 0.6) is 0 Å². The van der Waals surface area contributed by atoms with E-state index in [9.17, 15) is 0 Å². The fraction of sp³-hybridized carbons (Fsp3) is 0.308. The van der Waals surface area contributed by atoms with Gasteiger partial charge in [0.25, 0.3) is 0 Å². The molecule has 0 spiro atoms. The van der Waals surface area contributed by atoms with Crippen molar-refractivity contribution in [2.24, 2.45) is 5.73 Å². The summed E-state index contributed by atoms with van der Waals surface area (Å²) < 4.78 is 1.13. The van der Waals surface area contributed by atoms with Gasteiger partial charge >= 0.3 is 0 Å². The molecule has 0 saturated carbocycles. The molecule has 0 saturated heterocycles. The summed E-state index contributed by atoms with van der Waals surface area (Å²) in [5, 5.41) is 1.13. The fourth-order valence-electron chi connectivity index (χ4n) is 1.77. The molecular weight excluding hydrogens is 296 g/mol. The molecule has 90 valence electrons. The van der Waals surface area contributed by atoms with Crippen molar-refractivity contribution in [3.8, 4) is 0 Å². The van der Waals surface area contributed by atoms with Crippen molar-refractivity contribution in [2.75, 3.05) is 0 Å². The van der Waals surface area contributed by atoms with Crippen molar-refractivity contribution in [1.29, 1.82) is 0 Å². The van der Waals surface area contributed by atoms with Crippen LogP contribution in [0.4, 0.5) is 0 Å². The number of aryl methyl sites for hydroxylation is 1. The Morgan fingerprint density at radius 3 is 2.71 bits per heavy atom. The standard InChI is InChI=1S/C13H15BrN2S/c1-8(15)13-9(2)16-12(17-13)7-10-5-3-4-6-11(10)14/h3-6,8H,7,15H2,1-2H3. The number of nitrogens with zero attached hydrogens (tertiary/aromatic N) is 1. The van der Waals surface area contributed by atoms with Gasteiger partial charge in [-0.2, -0.15) is 0 Å². The highest BCUT2D eigenvalue weighted by atomic mass is 79.9. The van der Waals surface area contributed by atoms with E-state index < -0.39 is 0 Å². The smallest absolute Gasteiger partial charge is 0.0975 e. The van der Waals surface area contributed by atoms with Crippen LogP contribution in [0, 0.1) is 6.92 Å². The predicted molar refractivity (Wildman–Crippen MR) is 76.4 cm³/mol. The van der Waals surface area contributed by atoms with Gasteiger partial charge < -0.3 is 5.73 Å². The van der Waals surface area contributed by atoms with Crippen molar-refractivity contribution in [3.05, 3.63) is 49.9 Å². The molecule has 0 aliphatic rings. The lowest BCUT2D eigenvalue weighted by Crippen LogP contribution is -2.03. The van der Waals surface area contributed by atoms with Gasteiger partial charge in [0.05, 0.1) is 10.7 Å². The Labute approximate surface area is 114 Å². The second-order valence-corrected chi connectivity index (χ2v) is 6.08. The zero-order chi connectivity index (χ0) is 12.4. The molecule has 1 atom stereocenters. The Balaban J connectivity index is 2.25. The summed E-state index contributed by atoms with van der Waals surface area (Å²) in [7, 11) is 0. The van der Waals surface area contributed by atoms with Crippen LogP contribution in [0.3, 0.4) is 0 Å². The maximum Gasteiger partial charge on any atom is 0.0975 e. The average molecular weight is 311 g/mol. The van der Waals surface area contributed by atoms with Gasteiger partial charge in [0, 0.05) is 21.8 Å². The first kappa shape index (κ1) is 12.7. The molecule has 2 aromatic rings. The third-order valence-electron chi connectivity index (χ3n) is 2.59. The van der Waals surface area contributed by atoms with E-state index in [4.69, 9.17) is 5.73 Å². The molecule has 17 heavy (non-hydrogen) atoms. The van der Waals surface area contributed by atoms with E-state index in [1.165, 1.54) is 10.4 Å². The molecular formula is C13H15BrN2S. The minimum atomic E-state index is 0.0699. The molecule has 2 nitrogen and oxygen atoms in total. The van der Waals surface area contributed by atoms with Gasteiger partial charge in [0.2, 0.25) is 0 Å². The quantitative estimate of drug-likeness (QED) is 0.936. The second-order valence-electron chi connectivity index (χ2n) is 4.11. The maximum absolute atomic E-state index is 5.91. The van der Waals surface area contributed by atoms with Gasteiger partial charge in [-0.05, 0) is 25.5 Å². The van der Waals surface area contributed by atoms with E-state index in [-0.39, 0.29) is 6.04 Å². The van der Waals surface area contributed by atoms with Crippen molar-refractivity contribution >= 4 is 27.3 Å². The minimum Gasteiger partial charge on any atom is -0.323 e. The summed E-state index contributed by atoms with van der Waals surface area (Å²) in [6.45, 7) is 4.03. The molecule has 1 aromatic carbocycles. The first-order chi connectivity index (χ1) is 8.08. The summed E-state index contributed by atoms with van der Waals surface area (Å²) >= 11 is 5.27. The van der Waals surface area contributed by atoms with Crippen LogP contribution in [-0.2, 0) is 6.42 Å². The number of halogens is 1. The van der Waals surface area contributed by atoms with E-state index in [0.29, 0.717) is 0 Å². The molecule has 0 radical (unpaired) electrons. The van der Waals surface area contributed by atoms with E-state index in [2.05, 4.69) is 33.0 Å². The monoisotopic (exact) mass is 310 g/mol. The zero-order valence-corrected chi connectivity index (χ0v) is 12.3. The molecule has 1 heterocycles. The number of hydrogen-bond acceptors (Lipinski definition) is 3. The normalized spacial score (nSPS) is 12.7. The van der Waals surface area contributed by atoms with Gasteiger partial charge in [-0.1, -0.05) is 34.1 Å². The van der Waals surface area contributed by atoms with E-state index in [0.717, 1.165) is 21.6 Å². The van der Waals surface area contributed by atoms with E-state index >= 15 is 0 Å². The van der Waals surface area contributed by atoms with Crippen LogP contribution in [-0.4, -0.2) is 4.98 Å². The van der Waals surface area contributed by atoms with Crippen LogP contribution < -0.4 is 5.73 Å². The largest absolute Gasteiger partial charge is 0.323 e. The number of nitrogens with two attached hydrogens (primary N) is 1. The molecule has 0 amide bonds. The van der Waals surface area contributed by atoms with Gasteiger partial charge in [-0.3, -0.25) is 0 Å². The molecule has 1 aromatic heterocycles. The third-order valence-corrected chi connectivity index (χ3v) is 4.72. The van der Waals surface area contributed by atoms with Gasteiger partial charge in [0.1, 0.15) is 0 Å². The first-order valence-electron chi connectivity index (χ1n) is 5.53. The van der Waals surface area contributed by atoms with Crippen molar-refractivity contribution in [3.63, 3.8) is 0 Å². The maximum atomic E-state index is 5.91. The molecule has 2 N–H and O–H groups in total. The molecule has 2 rings (SSSR count). The Kier molecular flexibility index (Phi) is 3.97. The summed E-state index contributed by atoms with van der Waals surface area (Å²) in [6.07, 6.45) is 0.861. The van der Waals surface area contributed by atoms with Crippen LogP contribution in [0.2, 0.25) is 0 Å². The Hall–Kier alpha value is -0.710. The second kappa shape index (κ2) is 5.29. The fourth-order valence-corrected chi connectivity index (χ4v) is 3.24. The first-order valence-corrected chi connectivity index (χ1v) is 7.14. The minimum absolute atomic E-state index is 0.0699. The number of rotatable bonds is 3. The molecule has 0 aliphatic heterocycles. The number of aromatic nitrogens is 1. The third kappa shape index (κ3) is 2.94. The summed E-state index contributed by atoms with van der Waals surface area (Å²) in [4.78, 5) is 5.77. The van der Waals surface area contributed by atoms with Gasteiger partial charge in [-0.25, -0.2) is 4.98 Å². The molecule has 4 heteroatoms. The lowest BCUT2D eigenvalue weighted by molar-refractivity contribution is 0.825. The van der Waals surface area contributed by atoms with Crippen molar-refractivity contribution in [2.45, 2.75) is 26.3 Å². The van der Waals surface area contributed by atoms with E-state index in [1.807, 2.05) is 26.0 Å². The SMILES string of the molecule is Cc1nc(Cc2ccccc2Br)sc1C(C)N. The van der Waals surface area contributed by atoms with Crippen LogP contribution in [0.25, 0.3) is 0 Å². The Morgan fingerprint density at radius 1 is 1.41 bits per heavy atom. The predicted octanol–water partition coefficient (Wildman–Crippen LogP) is 3.82. The highest BCUT2D eigenvalue weighted by Gasteiger charge is 2.12. The molecule has 1 unspecified atom stereocenters. The highest BCUT2D eigenvalue weighted by Crippen LogP contribution is 2.27. The Morgan fingerprint density at radius 2 is 2.12 bits per heavy atom. The molecule has 0 bridgehead atoms. The zero-order valence-electron chi connectivity index (χ0n) is 9.90. The summed E-state index contributed by atoms with van der Waals surface area (Å²) in [5.74, 6) is 0. The summed E-state index contributed by atoms with van der Waals surface area (Å²) in [5.41, 5.74) is 8.24. The average Bonchev–Trinajstić information content (AvgIpc) is 2.63. The topological polar surface area (TPSA) is 38.9 Å². The number of thiazole rings is 1. The van der Waals surface area contributed by atoms with Crippen LogP contribution in [0.15, 0.2) is 28.7 Å².